The fourth-order valence-electron chi connectivity index (χ4n) is 0.839. The first-order valence-corrected chi connectivity index (χ1v) is 3.19. The van der Waals surface area contributed by atoms with Crippen molar-refractivity contribution in [2.75, 3.05) is 6.61 Å². The molecule has 0 aromatic carbocycles. The van der Waals surface area contributed by atoms with Crippen LogP contribution < -0.4 is 5.32 Å². The molecule has 1 heterocycles. The number of amides is 1. The summed E-state index contributed by atoms with van der Waals surface area (Å²) in [6, 6.07) is 0.128. The van der Waals surface area contributed by atoms with Gasteiger partial charge in [0.25, 0.3) is 0 Å². The van der Waals surface area contributed by atoms with Crippen LogP contribution in [0.5, 0.6) is 0 Å². The molecular weight excluding hydrogens is 130 g/mol. The highest BCUT2D eigenvalue weighted by atomic mass is 16.6. The minimum absolute atomic E-state index is 0.128. The zero-order chi connectivity index (χ0) is 7.40. The zero-order valence-corrected chi connectivity index (χ0v) is 5.59. The molecule has 3 heteroatoms. The number of nitrogens with one attached hydrogen (secondary N) is 1. The minimum Gasteiger partial charge on any atom is -0.447 e. The average molecular weight is 139 g/mol. The monoisotopic (exact) mass is 139 g/mol. The van der Waals surface area contributed by atoms with Crippen molar-refractivity contribution in [1.29, 1.82) is 0 Å². The second kappa shape index (κ2) is 3.11. The van der Waals surface area contributed by atoms with Crippen molar-refractivity contribution >= 4 is 6.09 Å². The van der Waals surface area contributed by atoms with E-state index in [1.165, 1.54) is 0 Å². The van der Waals surface area contributed by atoms with E-state index in [2.05, 4.69) is 16.0 Å². The predicted octanol–water partition coefficient (Wildman–Crippen LogP) is 0.508. The molecule has 1 N–H and O–H groups in total. The van der Waals surface area contributed by atoms with E-state index < -0.39 is 0 Å². The van der Waals surface area contributed by atoms with Crippen LogP contribution in [-0.2, 0) is 4.74 Å². The summed E-state index contributed by atoms with van der Waals surface area (Å²) >= 11 is 0. The Morgan fingerprint density at radius 2 is 2.70 bits per heavy atom. The quantitative estimate of drug-likeness (QED) is 0.566. The number of alkyl carbamates (subject to hydrolysis) is 1. The van der Waals surface area contributed by atoms with Crippen LogP contribution in [0.2, 0.25) is 0 Å². The number of hydrogen-bond donors (Lipinski definition) is 1. The van der Waals surface area contributed by atoms with Crippen molar-refractivity contribution < 1.29 is 9.53 Å². The third-order valence-electron chi connectivity index (χ3n) is 1.37. The minimum atomic E-state index is -0.331. The lowest BCUT2D eigenvalue weighted by Crippen LogP contribution is -2.25. The molecule has 1 fully saturated rings. The Labute approximate surface area is 59.7 Å². The molecule has 1 aliphatic heterocycles. The summed E-state index contributed by atoms with van der Waals surface area (Å²) in [6.45, 7) is 0.459. The summed E-state index contributed by atoms with van der Waals surface area (Å²) in [5.41, 5.74) is 0. The van der Waals surface area contributed by atoms with Crippen molar-refractivity contribution in [1.82, 2.24) is 5.32 Å². The second-order valence-electron chi connectivity index (χ2n) is 2.18. The third kappa shape index (κ3) is 1.66. The summed E-state index contributed by atoms with van der Waals surface area (Å²) in [4.78, 5) is 10.4. The van der Waals surface area contributed by atoms with Crippen LogP contribution in [-0.4, -0.2) is 18.7 Å². The fourth-order valence-corrected chi connectivity index (χ4v) is 0.839. The Morgan fingerprint density at radius 1 is 1.90 bits per heavy atom. The number of cyclic esters (lactones) is 1. The second-order valence-corrected chi connectivity index (χ2v) is 2.18. The average Bonchev–Trinajstić information content (AvgIpc) is 2.31. The number of hydrogen-bond acceptors (Lipinski definition) is 2. The van der Waals surface area contributed by atoms with E-state index in [4.69, 9.17) is 6.42 Å². The van der Waals surface area contributed by atoms with Gasteiger partial charge in [0.15, 0.2) is 0 Å². The van der Waals surface area contributed by atoms with Crippen LogP contribution >= 0.6 is 0 Å². The van der Waals surface area contributed by atoms with Gasteiger partial charge in [-0.25, -0.2) is 4.79 Å². The van der Waals surface area contributed by atoms with Crippen LogP contribution in [0.25, 0.3) is 0 Å². The van der Waals surface area contributed by atoms with Crippen LogP contribution in [0.15, 0.2) is 0 Å². The standard InChI is InChI=1S/C7H9NO2/c1-2-3-4-6-5-10-7(9)8-6/h1,6H,3-5H2,(H,8,9)/t6-/m1/s1. The molecule has 1 aliphatic rings. The highest BCUT2D eigenvalue weighted by molar-refractivity contribution is 5.69. The molecule has 54 valence electrons. The lowest BCUT2D eigenvalue weighted by Gasteiger charge is -2.01. The predicted molar refractivity (Wildman–Crippen MR) is 36.3 cm³/mol. The van der Waals surface area contributed by atoms with Gasteiger partial charge in [0.05, 0.1) is 6.04 Å². The van der Waals surface area contributed by atoms with Crippen LogP contribution in [0.4, 0.5) is 4.79 Å². The van der Waals surface area contributed by atoms with Gasteiger partial charge >= 0.3 is 6.09 Å². The van der Waals surface area contributed by atoms with Crippen molar-refractivity contribution in [3.8, 4) is 12.3 Å². The van der Waals surface area contributed by atoms with Crippen LogP contribution in [0, 0.1) is 12.3 Å². The topological polar surface area (TPSA) is 38.3 Å². The number of rotatable bonds is 2. The van der Waals surface area contributed by atoms with E-state index in [9.17, 15) is 4.79 Å². The number of terminal acetylenes is 1. The van der Waals surface area contributed by atoms with Gasteiger partial charge in [-0.3, -0.25) is 0 Å². The van der Waals surface area contributed by atoms with Crippen molar-refractivity contribution in [2.24, 2.45) is 0 Å². The molecule has 3 nitrogen and oxygen atoms in total. The molecule has 0 aromatic rings. The highest BCUT2D eigenvalue weighted by Gasteiger charge is 2.20. The van der Waals surface area contributed by atoms with E-state index in [1.807, 2.05) is 0 Å². The number of carbonyl (C=O) groups is 1. The molecule has 0 bridgehead atoms. The summed E-state index contributed by atoms with van der Waals surface area (Å²) in [5, 5.41) is 2.63. The first-order valence-electron chi connectivity index (χ1n) is 3.19. The fraction of sp³-hybridized carbons (Fsp3) is 0.571. The molecular formula is C7H9NO2. The van der Waals surface area contributed by atoms with Crippen molar-refractivity contribution in [2.45, 2.75) is 18.9 Å². The molecule has 0 aromatic heterocycles. The molecule has 1 saturated heterocycles. The van der Waals surface area contributed by atoms with Gasteiger partial charge in [0.1, 0.15) is 6.61 Å². The molecule has 0 unspecified atom stereocenters. The number of ether oxygens (including phenoxy) is 1. The summed E-state index contributed by atoms with van der Waals surface area (Å²) in [5.74, 6) is 2.50. The highest BCUT2D eigenvalue weighted by Crippen LogP contribution is 2.03. The third-order valence-corrected chi connectivity index (χ3v) is 1.37. The van der Waals surface area contributed by atoms with Gasteiger partial charge in [0, 0.05) is 6.42 Å². The SMILES string of the molecule is C#CCC[C@@H]1COC(=O)N1. The van der Waals surface area contributed by atoms with Crippen LogP contribution in [0.1, 0.15) is 12.8 Å². The summed E-state index contributed by atoms with van der Waals surface area (Å²) in [6.07, 6.45) is 6.20. The van der Waals surface area contributed by atoms with E-state index in [0.717, 1.165) is 6.42 Å². The summed E-state index contributed by atoms with van der Waals surface area (Å²) < 4.78 is 4.64. The van der Waals surface area contributed by atoms with Gasteiger partial charge in [-0.05, 0) is 6.42 Å². The maximum absolute atomic E-state index is 10.4. The smallest absolute Gasteiger partial charge is 0.407 e. The maximum Gasteiger partial charge on any atom is 0.407 e. The molecule has 0 spiro atoms. The lowest BCUT2D eigenvalue weighted by atomic mass is 10.2. The zero-order valence-electron chi connectivity index (χ0n) is 5.59. The number of carbonyl (C=O) groups excluding carboxylic acids is 1. The van der Waals surface area contributed by atoms with Gasteiger partial charge in [-0.15, -0.1) is 12.3 Å². The molecule has 0 aliphatic carbocycles. The van der Waals surface area contributed by atoms with Gasteiger partial charge in [0.2, 0.25) is 0 Å². The normalized spacial score (nSPS) is 23.1. The molecule has 1 atom stereocenters. The van der Waals surface area contributed by atoms with Crippen molar-refractivity contribution in [3.63, 3.8) is 0 Å². The van der Waals surface area contributed by atoms with Gasteiger partial charge in [-0.2, -0.15) is 0 Å². The Morgan fingerprint density at radius 3 is 3.20 bits per heavy atom. The van der Waals surface area contributed by atoms with E-state index >= 15 is 0 Å². The van der Waals surface area contributed by atoms with Gasteiger partial charge in [-0.1, -0.05) is 0 Å². The Kier molecular flexibility index (Phi) is 2.16. The maximum atomic E-state index is 10.4. The Balaban J connectivity index is 2.20. The Bertz CT molecular complexity index is 171. The molecule has 0 radical (unpaired) electrons. The first kappa shape index (κ1) is 6.94. The van der Waals surface area contributed by atoms with Gasteiger partial charge < -0.3 is 10.1 Å². The molecule has 0 saturated carbocycles. The largest absolute Gasteiger partial charge is 0.447 e. The van der Waals surface area contributed by atoms with Crippen molar-refractivity contribution in [3.05, 3.63) is 0 Å². The van der Waals surface area contributed by atoms with E-state index in [0.29, 0.717) is 13.0 Å². The first-order chi connectivity index (χ1) is 4.83. The molecule has 10 heavy (non-hydrogen) atoms. The molecule has 1 rings (SSSR count). The van der Waals surface area contributed by atoms with E-state index in [-0.39, 0.29) is 12.1 Å². The Hall–Kier alpha value is -1.17. The van der Waals surface area contributed by atoms with E-state index in [1.54, 1.807) is 0 Å². The summed E-state index contributed by atoms with van der Waals surface area (Å²) in [7, 11) is 0. The lowest BCUT2D eigenvalue weighted by molar-refractivity contribution is 0.176. The van der Waals surface area contributed by atoms with Crippen LogP contribution in [0.3, 0.4) is 0 Å². The molecule has 1 amide bonds.